The molecule has 1 amide bonds. The van der Waals surface area contributed by atoms with E-state index in [0.717, 1.165) is 5.75 Å². The molecule has 1 aromatic carbocycles. The highest BCUT2D eigenvalue weighted by atomic mass is 32.2. The Morgan fingerprint density at radius 1 is 1.50 bits per heavy atom. The quantitative estimate of drug-likeness (QED) is 0.626. The molecular weight excluding hydrogens is 220 g/mol. The zero-order chi connectivity index (χ0) is 11.8. The summed E-state index contributed by atoms with van der Waals surface area (Å²) >= 11 is 1.51. The van der Waals surface area contributed by atoms with Gasteiger partial charge in [0.15, 0.2) is 0 Å². The molecule has 0 fully saturated rings. The van der Waals surface area contributed by atoms with Crippen LogP contribution in [-0.2, 0) is 4.79 Å². The Hall–Kier alpha value is -1.73. The van der Waals surface area contributed by atoms with Crippen LogP contribution in [0.25, 0.3) is 0 Å². The lowest BCUT2D eigenvalue weighted by Gasteiger charge is -2.03. The monoisotopic (exact) mass is 232 g/mol. The number of carbonyl (C=O) groups excluding carboxylic acids is 1. The van der Waals surface area contributed by atoms with E-state index in [1.807, 2.05) is 6.07 Å². The number of thioether (sulfide) groups is 1. The fourth-order valence-corrected chi connectivity index (χ4v) is 1.60. The van der Waals surface area contributed by atoms with E-state index in [2.05, 4.69) is 11.9 Å². The van der Waals surface area contributed by atoms with E-state index in [1.165, 1.54) is 11.8 Å². The van der Waals surface area contributed by atoms with Gasteiger partial charge in [-0.2, -0.15) is 5.26 Å². The van der Waals surface area contributed by atoms with E-state index in [1.54, 1.807) is 30.3 Å². The van der Waals surface area contributed by atoms with E-state index < -0.39 is 0 Å². The van der Waals surface area contributed by atoms with Crippen LogP contribution in [0.3, 0.4) is 0 Å². The maximum absolute atomic E-state index is 11.4. The molecule has 4 heteroatoms. The second kappa shape index (κ2) is 6.70. The lowest BCUT2D eigenvalue weighted by Crippen LogP contribution is -2.14. The first-order chi connectivity index (χ1) is 7.76. The predicted octanol–water partition coefficient (Wildman–Crippen LogP) is 2.42. The van der Waals surface area contributed by atoms with Crippen molar-refractivity contribution in [1.82, 2.24) is 0 Å². The molecule has 0 atom stereocenters. The van der Waals surface area contributed by atoms with Crippen molar-refractivity contribution in [2.24, 2.45) is 0 Å². The van der Waals surface area contributed by atoms with E-state index in [9.17, 15) is 4.79 Å². The van der Waals surface area contributed by atoms with Gasteiger partial charge >= 0.3 is 0 Å². The highest BCUT2D eigenvalue weighted by Gasteiger charge is 2.01. The summed E-state index contributed by atoms with van der Waals surface area (Å²) in [6, 6.07) is 8.80. The number of amides is 1. The molecule has 0 aliphatic heterocycles. The largest absolute Gasteiger partial charge is 0.325 e. The third-order valence-corrected chi connectivity index (χ3v) is 2.70. The maximum atomic E-state index is 11.4. The Labute approximate surface area is 99.2 Å². The summed E-state index contributed by atoms with van der Waals surface area (Å²) in [5, 5.41) is 11.4. The van der Waals surface area contributed by atoms with E-state index in [-0.39, 0.29) is 5.91 Å². The summed E-state index contributed by atoms with van der Waals surface area (Å²) in [6.07, 6.45) is 1.76. The van der Waals surface area contributed by atoms with Gasteiger partial charge in [-0.05, 0) is 24.3 Å². The first-order valence-electron chi connectivity index (χ1n) is 4.75. The fourth-order valence-electron chi connectivity index (χ4n) is 1.06. The summed E-state index contributed by atoms with van der Waals surface area (Å²) in [5.41, 5.74) is 1.29. The first-order valence-corrected chi connectivity index (χ1v) is 5.90. The lowest BCUT2D eigenvalue weighted by molar-refractivity contribution is -0.113. The van der Waals surface area contributed by atoms with Crippen molar-refractivity contribution in [2.75, 3.05) is 16.8 Å². The molecule has 0 aliphatic carbocycles. The number of anilines is 1. The second-order valence-electron chi connectivity index (χ2n) is 3.04. The van der Waals surface area contributed by atoms with E-state index in [0.29, 0.717) is 17.0 Å². The molecule has 0 spiro atoms. The molecule has 0 bridgehead atoms. The van der Waals surface area contributed by atoms with Crippen LogP contribution in [0.5, 0.6) is 0 Å². The fraction of sp³-hybridized carbons (Fsp3) is 0.167. The van der Waals surface area contributed by atoms with Crippen LogP contribution < -0.4 is 5.32 Å². The highest BCUT2D eigenvalue weighted by molar-refractivity contribution is 8.00. The average Bonchev–Trinajstić information content (AvgIpc) is 2.30. The number of rotatable bonds is 5. The third kappa shape index (κ3) is 4.20. The molecule has 0 saturated heterocycles. The first kappa shape index (κ1) is 12.3. The molecule has 0 aromatic heterocycles. The van der Waals surface area contributed by atoms with Gasteiger partial charge in [-0.1, -0.05) is 6.08 Å². The van der Waals surface area contributed by atoms with Gasteiger partial charge in [0, 0.05) is 11.4 Å². The minimum absolute atomic E-state index is 0.0449. The lowest BCUT2D eigenvalue weighted by atomic mass is 10.2. The smallest absolute Gasteiger partial charge is 0.234 e. The highest BCUT2D eigenvalue weighted by Crippen LogP contribution is 2.09. The van der Waals surface area contributed by atoms with Gasteiger partial charge in [0.2, 0.25) is 5.91 Å². The Balaban J connectivity index is 2.44. The number of nitrogens with zero attached hydrogens (tertiary/aromatic N) is 1. The van der Waals surface area contributed by atoms with Crippen molar-refractivity contribution >= 4 is 23.4 Å². The zero-order valence-corrected chi connectivity index (χ0v) is 9.59. The SMILES string of the molecule is C=CCSCC(=O)Nc1ccc(C#N)cc1. The van der Waals surface area contributed by atoms with Gasteiger partial charge in [-0.25, -0.2) is 0 Å². The molecule has 3 nitrogen and oxygen atoms in total. The summed E-state index contributed by atoms with van der Waals surface area (Å²) in [7, 11) is 0. The molecule has 82 valence electrons. The molecule has 1 aromatic rings. The summed E-state index contributed by atoms with van der Waals surface area (Å²) in [5.74, 6) is 1.13. The van der Waals surface area contributed by atoms with Gasteiger partial charge in [0.25, 0.3) is 0 Å². The number of nitrogens with one attached hydrogen (secondary N) is 1. The third-order valence-electron chi connectivity index (χ3n) is 1.77. The van der Waals surface area contributed by atoms with Crippen LogP contribution in [0.1, 0.15) is 5.56 Å². The molecular formula is C12H12N2OS. The van der Waals surface area contributed by atoms with Crippen LogP contribution in [0.2, 0.25) is 0 Å². The topological polar surface area (TPSA) is 52.9 Å². The summed E-state index contributed by atoms with van der Waals surface area (Å²) in [6.45, 7) is 3.58. The molecule has 16 heavy (non-hydrogen) atoms. The van der Waals surface area contributed by atoms with Crippen molar-refractivity contribution in [1.29, 1.82) is 5.26 Å². The predicted molar refractivity (Wildman–Crippen MR) is 67.3 cm³/mol. The molecule has 0 unspecified atom stereocenters. The number of hydrogen-bond acceptors (Lipinski definition) is 3. The number of carbonyl (C=O) groups is 1. The zero-order valence-electron chi connectivity index (χ0n) is 8.77. The van der Waals surface area contributed by atoms with Crippen LogP contribution in [-0.4, -0.2) is 17.4 Å². The van der Waals surface area contributed by atoms with Gasteiger partial charge in [-0.3, -0.25) is 4.79 Å². The standard InChI is InChI=1S/C12H12N2OS/c1-2-7-16-9-12(15)14-11-5-3-10(8-13)4-6-11/h2-6H,1,7,9H2,(H,14,15). The minimum atomic E-state index is -0.0449. The van der Waals surface area contributed by atoms with Crippen molar-refractivity contribution in [3.05, 3.63) is 42.5 Å². The van der Waals surface area contributed by atoms with Crippen LogP contribution in [0.15, 0.2) is 36.9 Å². The van der Waals surface area contributed by atoms with Gasteiger partial charge in [0.05, 0.1) is 17.4 Å². The second-order valence-corrected chi connectivity index (χ2v) is 4.07. The normalized spacial score (nSPS) is 9.19. The van der Waals surface area contributed by atoms with Gasteiger partial charge in [0.1, 0.15) is 0 Å². The average molecular weight is 232 g/mol. The van der Waals surface area contributed by atoms with Crippen molar-refractivity contribution in [3.63, 3.8) is 0 Å². The van der Waals surface area contributed by atoms with Gasteiger partial charge < -0.3 is 5.32 Å². The van der Waals surface area contributed by atoms with Crippen LogP contribution in [0.4, 0.5) is 5.69 Å². The molecule has 0 heterocycles. The number of hydrogen-bond donors (Lipinski definition) is 1. The molecule has 1 N–H and O–H groups in total. The van der Waals surface area contributed by atoms with E-state index >= 15 is 0 Å². The Kier molecular flexibility index (Phi) is 5.17. The van der Waals surface area contributed by atoms with Gasteiger partial charge in [-0.15, -0.1) is 18.3 Å². The van der Waals surface area contributed by atoms with Crippen molar-refractivity contribution in [2.45, 2.75) is 0 Å². The molecule has 0 aliphatic rings. The summed E-state index contributed by atoms with van der Waals surface area (Å²) in [4.78, 5) is 11.4. The molecule has 0 saturated carbocycles. The van der Waals surface area contributed by atoms with Crippen LogP contribution >= 0.6 is 11.8 Å². The number of benzene rings is 1. The Morgan fingerprint density at radius 2 is 2.19 bits per heavy atom. The molecule has 1 rings (SSSR count). The van der Waals surface area contributed by atoms with E-state index in [4.69, 9.17) is 5.26 Å². The Morgan fingerprint density at radius 3 is 2.75 bits per heavy atom. The maximum Gasteiger partial charge on any atom is 0.234 e. The minimum Gasteiger partial charge on any atom is -0.325 e. The van der Waals surface area contributed by atoms with Crippen molar-refractivity contribution in [3.8, 4) is 6.07 Å². The van der Waals surface area contributed by atoms with Crippen molar-refractivity contribution < 1.29 is 4.79 Å². The van der Waals surface area contributed by atoms with Crippen LogP contribution in [0, 0.1) is 11.3 Å². The summed E-state index contributed by atoms with van der Waals surface area (Å²) < 4.78 is 0. The Bertz CT molecular complexity index is 406. The number of nitriles is 1. The molecule has 0 radical (unpaired) electrons.